The minimum Gasteiger partial charge on any atom is -0.311 e. The van der Waals surface area contributed by atoms with Gasteiger partial charge in [0, 0.05) is 30.0 Å². The molecule has 34 heavy (non-hydrogen) atoms. The Kier molecular flexibility index (Phi) is 4.23. The van der Waals surface area contributed by atoms with Crippen LogP contribution in [0.5, 0.6) is 0 Å². The molecule has 168 valence electrons. The lowest BCUT2D eigenvalue weighted by Gasteiger charge is -2.16. The van der Waals surface area contributed by atoms with Crippen molar-refractivity contribution >= 4 is 49.1 Å². The van der Waals surface area contributed by atoms with E-state index in [1.807, 2.05) is 20.2 Å². The number of fused-ring (bicyclic) bond motifs is 5. The Morgan fingerprint density at radius 2 is 1.82 bits per heavy atom. The van der Waals surface area contributed by atoms with Crippen LogP contribution in [0.4, 0.5) is 0 Å². The van der Waals surface area contributed by atoms with Crippen LogP contribution >= 0.6 is 0 Å². The highest BCUT2D eigenvalue weighted by molar-refractivity contribution is 6.25. The molecule has 0 unspecified atom stereocenters. The first-order chi connectivity index (χ1) is 16.2. The molecule has 0 amide bonds. The number of aryl methyl sites for hydroxylation is 2. The predicted octanol–water partition coefficient (Wildman–Crippen LogP) is 6.88. The van der Waals surface area contributed by atoms with Crippen molar-refractivity contribution in [2.75, 3.05) is 0 Å². The fourth-order valence-electron chi connectivity index (χ4n) is 5.80. The van der Waals surface area contributed by atoms with Crippen LogP contribution in [0, 0.1) is 13.5 Å². The fourth-order valence-corrected chi connectivity index (χ4v) is 5.80. The van der Waals surface area contributed by atoms with Gasteiger partial charge in [0.05, 0.1) is 35.4 Å². The van der Waals surface area contributed by atoms with E-state index in [1.54, 1.807) is 0 Å². The zero-order valence-electron chi connectivity index (χ0n) is 20.7. The van der Waals surface area contributed by atoms with E-state index in [2.05, 4.69) is 84.1 Å². The molecule has 0 aliphatic heterocycles. The van der Waals surface area contributed by atoms with Crippen LogP contribution in [-0.2, 0) is 13.5 Å². The van der Waals surface area contributed by atoms with Crippen molar-refractivity contribution in [3.05, 3.63) is 76.9 Å². The first-order valence-electron chi connectivity index (χ1n) is 12.0. The standard InChI is InChI=1S/C30H29N4/c1-17(2)20-9-8-10-21-22-12-11-18(3)25-28(22)34(27(20)21)24-14-19(15-30(4,5)31-6)13-23-26(24)29(25)33(7)16-32-23/h8-14,16-17H,15H2,1-5,7H3/q+1. The quantitative estimate of drug-likeness (QED) is 0.126. The number of para-hydroxylation sites is 1. The monoisotopic (exact) mass is 445 g/mol. The summed E-state index contributed by atoms with van der Waals surface area (Å²) in [7, 11) is 2.09. The van der Waals surface area contributed by atoms with Gasteiger partial charge in [0.25, 0.3) is 6.33 Å². The molecule has 0 fully saturated rings. The van der Waals surface area contributed by atoms with E-state index in [4.69, 9.17) is 11.6 Å². The molecule has 0 bridgehead atoms. The molecule has 6 aromatic rings. The number of hydrogen-bond acceptors (Lipinski definition) is 1. The third kappa shape index (κ3) is 2.70. The van der Waals surface area contributed by atoms with Gasteiger partial charge in [-0.1, -0.05) is 44.2 Å². The number of benzene rings is 3. The Balaban J connectivity index is 1.96. The molecule has 0 atom stereocenters. The minimum absolute atomic E-state index is 0.403. The average Bonchev–Trinajstić information content (AvgIpc) is 3.14. The van der Waals surface area contributed by atoms with Gasteiger partial charge in [-0.05, 0) is 46.6 Å². The topological polar surface area (TPSA) is 25.5 Å². The molecule has 0 aliphatic carbocycles. The van der Waals surface area contributed by atoms with Crippen LogP contribution in [0.3, 0.4) is 0 Å². The number of hydrogen-bond donors (Lipinski definition) is 0. The Hall–Kier alpha value is -3.71. The number of nitrogens with zero attached hydrogens (tertiary/aromatic N) is 4. The summed E-state index contributed by atoms with van der Waals surface area (Å²) in [5.41, 5.74) is 9.29. The van der Waals surface area contributed by atoms with Crippen molar-refractivity contribution in [2.45, 2.75) is 52.5 Å². The molecule has 0 spiro atoms. The molecule has 4 heteroatoms. The fraction of sp³-hybridized carbons (Fsp3) is 0.300. The van der Waals surface area contributed by atoms with E-state index in [-0.39, 0.29) is 0 Å². The Bertz CT molecular complexity index is 1810. The van der Waals surface area contributed by atoms with Crippen molar-refractivity contribution in [1.29, 1.82) is 0 Å². The molecule has 3 aromatic heterocycles. The second-order valence-corrected chi connectivity index (χ2v) is 10.7. The van der Waals surface area contributed by atoms with Crippen LogP contribution in [0.2, 0.25) is 0 Å². The van der Waals surface area contributed by atoms with Crippen LogP contribution in [0.1, 0.15) is 50.3 Å². The second-order valence-electron chi connectivity index (χ2n) is 10.7. The summed E-state index contributed by atoms with van der Waals surface area (Å²) < 4.78 is 4.66. The van der Waals surface area contributed by atoms with E-state index in [9.17, 15) is 0 Å². The molecule has 0 saturated heterocycles. The van der Waals surface area contributed by atoms with Gasteiger partial charge in [-0.25, -0.2) is 11.1 Å². The van der Waals surface area contributed by atoms with Gasteiger partial charge >= 0.3 is 0 Å². The van der Waals surface area contributed by atoms with Gasteiger partial charge in [-0.2, -0.15) is 0 Å². The highest BCUT2D eigenvalue weighted by Crippen LogP contribution is 2.42. The smallest absolute Gasteiger partial charge is 0.287 e. The average molecular weight is 446 g/mol. The van der Waals surface area contributed by atoms with E-state index < -0.39 is 5.54 Å². The van der Waals surface area contributed by atoms with Crippen molar-refractivity contribution in [2.24, 2.45) is 7.05 Å². The normalized spacial score (nSPS) is 12.8. The lowest BCUT2D eigenvalue weighted by molar-refractivity contribution is -0.646. The summed E-state index contributed by atoms with van der Waals surface area (Å²) in [5.74, 6) is 0.403. The number of aromatic nitrogens is 3. The summed E-state index contributed by atoms with van der Waals surface area (Å²) in [4.78, 5) is 8.74. The Morgan fingerprint density at radius 3 is 2.56 bits per heavy atom. The molecular formula is C30H29N4+. The lowest BCUT2D eigenvalue weighted by Crippen LogP contribution is -2.30. The van der Waals surface area contributed by atoms with E-state index in [0.29, 0.717) is 12.3 Å². The minimum atomic E-state index is -0.455. The zero-order valence-corrected chi connectivity index (χ0v) is 20.7. The molecule has 3 heterocycles. The molecule has 0 saturated carbocycles. The zero-order chi connectivity index (χ0) is 23.9. The molecular weight excluding hydrogens is 416 g/mol. The van der Waals surface area contributed by atoms with E-state index in [0.717, 1.165) is 11.1 Å². The van der Waals surface area contributed by atoms with Gasteiger partial charge in [0.1, 0.15) is 5.52 Å². The molecule has 0 aliphatic rings. The van der Waals surface area contributed by atoms with Gasteiger partial charge < -0.3 is 9.25 Å². The summed E-state index contributed by atoms with van der Waals surface area (Å²) in [6.07, 6.45) is 2.62. The van der Waals surface area contributed by atoms with E-state index in [1.165, 1.54) is 54.7 Å². The number of rotatable bonds is 3. The molecule has 6 rings (SSSR count). The third-order valence-electron chi connectivity index (χ3n) is 7.35. The van der Waals surface area contributed by atoms with Crippen LogP contribution in [0.15, 0.2) is 48.8 Å². The molecule has 4 nitrogen and oxygen atoms in total. The van der Waals surface area contributed by atoms with Crippen molar-refractivity contribution < 1.29 is 4.57 Å². The predicted molar refractivity (Wildman–Crippen MR) is 141 cm³/mol. The van der Waals surface area contributed by atoms with Gasteiger partial charge in [0.15, 0.2) is 5.52 Å². The molecule has 3 aromatic carbocycles. The third-order valence-corrected chi connectivity index (χ3v) is 7.35. The van der Waals surface area contributed by atoms with Crippen molar-refractivity contribution in [1.82, 2.24) is 9.38 Å². The maximum absolute atomic E-state index is 7.66. The highest BCUT2D eigenvalue weighted by atomic mass is 15.0. The second kappa shape index (κ2) is 6.90. The summed E-state index contributed by atoms with van der Waals surface area (Å²) >= 11 is 0. The van der Waals surface area contributed by atoms with Gasteiger partial charge in [-0.3, -0.25) is 0 Å². The SMILES string of the molecule is [C-]#[N+]C(C)(C)Cc1cc2nc[n+](C)c3c4c(C)ccc5c6cccc(C(C)C)c6n(c(c1)c23)c54. The van der Waals surface area contributed by atoms with Gasteiger partial charge in [0.2, 0.25) is 5.54 Å². The van der Waals surface area contributed by atoms with E-state index >= 15 is 0 Å². The van der Waals surface area contributed by atoms with Crippen LogP contribution < -0.4 is 4.57 Å². The summed E-state index contributed by atoms with van der Waals surface area (Å²) in [5, 5.41) is 5.07. The lowest BCUT2D eigenvalue weighted by atomic mass is 9.93. The maximum Gasteiger partial charge on any atom is 0.287 e. The Morgan fingerprint density at radius 1 is 1.06 bits per heavy atom. The Labute approximate surface area is 199 Å². The largest absolute Gasteiger partial charge is 0.311 e. The molecule has 0 radical (unpaired) electrons. The van der Waals surface area contributed by atoms with Gasteiger partial charge in [-0.15, -0.1) is 0 Å². The first kappa shape index (κ1) is 20.9. The van der Waals surface area contributed by atoms with Crippen molar-refractivity contribution in [3.8, 4) is 0 Å². The highest BCUT2D eigenvalue weighted by Gasteiger charge is 2.28. The number of pyridine rings is 1. The van der Waals surface area contributed by atoms with Crippen LogP contribution in [-0.4, -0.2) is 14.9 Å². The summed E-state index contributed by atoms with van der Waals surface area (Å²) in [6, 6.07) is 15.8. The maximum atomic E-state index is 7.66. The molecule has 0 N–H and O–H groups in total. The summed E-state index contributed by atoms with van der Waals surface area (Å²) in [6.45, 7) is 18.4. The van der Waals surface area contributed by atoms with Crippen molar-refractivity contribution in [3.63, 3.8) is 0 Å². The first-order valence-corrected chi connectivity index (χ1v) is 12.0. The van der Waals surface area contributed by atoms with Crippen LogP contribution in [0.25, 0.3) is 54.0 Å².